The molecule has 3 N–H and O–H groups in total. The molecule has 0 heterocycles. The van der Waals surface area contributed by atoms with Crippen LogP contribution < -0.4 is 5.73 Å². The van der Waals surface area contributed by atoms with Crippen LogP contribution in [0.15, 0.2) is 48.5 Å². The van der Waals surface area contributed by atoms with E-state index in [2.05, 4.69) is 24.3 Å². The molecule has 1 fully saturated rings. The predicted octanol–water partition coefficient (Wildman–Crippen LogP) is 3.30. The Kier molecular flexibility index (Phi) is 3.60. The zero-order chi connectivity index (χ0) is 11.8. The summed E-state index contributed by atoms with van der Waals surface area (Å²) in [6.45, 7) is 0. The Morgan fingerprint density at radius 3 is 1.78 bits per heavy atom. The molecule has 94 valence electrons. The van der Waals surface area contributed by atoms with Gasteiger partial charge in [0, 0.05) is 12.0 Å². The van der Waals surface area contributed by atoms with Gasteiger partial charge in [0.25, 0.3) is 0 Å². The van der Waals surface area contributed by atoms with Crippen molar-refractivity contribution in [2.45, 2.75) is 18.4 Å². The number of phenolic OH excluding ortho intramolecular Hbond substituents is 1. The number of hydrogen-bond acceptors (Lipinski definition) is 2. The largest absolute Gasteiger partial charge is 0.508 e. The third kappa shape index (κ3) is 2.50. The average Bonchev–Trinajstić information content (AvgIpc) is 3.08. The lowest BCUT2D eigenvalue weighted by atomic mass is 10.0. The summed E-state index contributed by atoms with van der Waals surface area (Å²) >= 11 is 0. The normalized spacial score (nSPS) is 21.2. The first-order chi connectivity index (χ1) is 8.24. The molecule has 0 radical (unpaired) electrons. The summed E-state index contributed by atoms with van der Waals surface area (Å²) in [7, 11) is 0. The molecule has 2 aromatic carbocycles. The standard InChI is InChI=1S/C15H15NO.ClH/c16-15-9-14(15)12-3-1-10(2-4-12)11-5-7-13(17)8-6-11;/h1-8,14-15,17H,9,16H2;1H/t14-,15+;/m0./s1. The quantitative estimate of drug-likeness (QED) is 0.871. The summed E-state index contributed by atoms with van der Waals surface area (Å²) in [5.41, 5.74) is 9.46. The highest BCUT2D eigenvalue weighted by Crippen LogP contribution is 2.39. The van der Waals surface area contributed by atoms with Gasteiger partial charge < -0.3 is 10.8 Å². The first kappa shape index (κ1) is 12.9. The van der Waals surface area contributed by atoms with Crippen LogP contribution >= 0.6 is 12.4 Å². The Bertz CT molecular complexity index is 521. The molecule has 0 amide bonds. The second-order valence-corrected chi connectivity index (χ2v) is 4.67. The molecule has 3 heteroatoms. The second kappa shape index (κ2) is 5.01. The van der Waals surface area contributed by atoms with Crippen LogP contribution in [0.3, 0.4) is 0 Å². The third-order valence-electron chi connectivity index (χ3n) is 3.38. The summed E-state index contributed by atoms with van der Waals surface area (Å²) in [5.74, 6) is 0.859. The van der Waals surface area contributed by atoms with E-state index in [1.807, 2.05) is 12.1 Å². The van der Waals surface area contributed by atoms with Crippen LogP contribution in [0.4, 0.5) is 0 Å². The predicted molar refractivity (Wildman–Crippen MR) is 76.1 cm³/mol. The van der Waals surface area contributed by atoms with Crippen LogP contribution in [0.2, 0.25) is 0 Å². The topological polar surface area (TPSA) is 46.2 Å². The zero-order valence-corrected chi connectivity index (χ0v) is 10.7. The van der Waals surface area contributed by atoms with E-state index in [1.54, 1.807) is 12.1 Å². The maximum absolute atomic E-state index is 9.24. The molecule has 18 heavy (non-hydrogen) atoms. The van der Waals surface area contributed by atoms with Crippen molar-refractivity contribution in [3.8, 4) is 16.9 Å². The fourth-order valence-corrected chi connectivity index (χ4v) is 2.17. The van der Waals surface area contributed by atoms with Gasteiger partial charge in [0.15, 0.2) is 0 Å². The lowest BCUT2D eigenvalue weighted by Gasteiger charge is -2.04. The van der Waals surface area contributed by atoms with Crippen molar-refractivity contribution in [1.29, 1.82) is 0 Å². The molecule has 1 aliphatic carbocycles. The van der Waals surface area contributed by atoms with Gasteiger partial charge in [-0.15, -0.1) is 12.4 Å². The molecule has 0 unspecified atom stereocenters. The Hall–Kier alpha value is -1.51. The molecule has 2 nitrogen and oxygen atoms in total. The van der Waals surface area contributed by atoms with E-state index < -0.39 is 0 Å². The highest BCUT2D eigenvalue weighted by atomic mass is 35.5. The van der Waals surface area contributed by atoms with Crippen LogP contribution in [0.5, 0.6) is 5.75 Å². The molecule has 3 rings (SSSR count). The van der Waals surface area contributed by atoms with Crippen molar-refractivity contribution in [1.82, 2.24) is 0 Å². The van der Waals surface area contributed by atoms with Crippen LogP contribution in [-0.4, -0.2) is 11.1 Å². The molecule has 0 saturated heterocycles. The van der Waals surface area contributed by atoms with Gasteiger partial charge in [-0.25, -0.2) is 0 Å². The minimum atomic E-state index is 0. The second-order valence-electron chi connectivity index (χ2n) is 4.67. The SMILES string of the molecule is Cl.N[C@@H]1C[C@H]1c1ccc(-c2ccc(O)cc2)cc1. The number of benzene rings is 2. The first-order valence-electron chi connectivity index (χ1n) is 5.89. The fraction of sp³-hybridized carbons (Fsp3) is 0.200. The molecular formula is C15H16ClNO. The summed E-state index contributed by atoms with van der Waals surface area (Å²) in [6, 6.07) is 16.2. The number of halogens is 1. The third-order valence-corrected chi connectivity index (χ3v) is 3.38. The Morgan fingerprint density at radius 2 is 1.33 bits per heavy atom. The van der Waals surface area contributed by atoms with Crippen LogP contribution in [-0.2, 0) is 0 Å². The average molecular weight is 262 g/mol. The number of phenols is 1. The molecule has 2 aromatic rings. The smallest absolute Gasteiger partial charge is 0.115 e. The summed E-state index contributed by atoms with van der Waals surface area (Å²) in [5, 5.41) is 9.24. The van der Waals surface area contributed by atoms with Crippen molar-refractivity contribution in [3.05, 3.63) is 54.1 Å². The lowest BCUT2D eigenvalue weighted by molar-refractivity contribution is 0.475. The van der Waals surface area contributed by atoms with Crippen LogP contribution in [0, 0.1) is 0 Å². The van der Waals surface area contributed by atoms with Gasteiger partial charge in [-0.3, -0.25) is 0 Å². The Labute approximate surface area is 113 Å². The van der Waals surface area contributed by atoms with Crippen molar-refractivity contribution < 1.29 is 5.11 Å². The summed E-state index contributed by atoms with van der Waals surface area (Å²) in [4.78, 5) is 0. The Morgan fingerprint density at radius 1 is 0.889 bits per heavy atom. The van der Waals surface area contributed by atoms with E-state index in [4.69, 9.17) is 5.73 Å². The monoisotopic (exact) mass is 261 g/mol. The Balaban J connectivity index is 0.00000120. The van der Waals surface area contributed by atoms with E-state index in [0.29, 0.717) is 17.7 Å². The molecule has 0 aromatic heterocycles. The van der Waals surface area contributed by atoms with Crippen molar-refractivity contribution >= 4 is 12.4 Å². The molecule has 0 bridgehead atoms. The molecule has 1 aliphatic rings. The molecule has 0 aliphatic heterocycles. The zero-order valence-electron chi connectivity index (χ0n) is 9.91. The number of hydrogen-bond donors (Lipinski definition) is 2. The minimum absolute atomic E-state index is 0. The number of rotatable bonds is 2. The molecule has 0 spiro atoms. The maximum Gasteiger partial charge on any atom is 0.115 e. The number of nitrogens with two attached hydrogens (primary N) is 1. The van der Waals surface area contributed by atoms with Crippen molar-refractivity contribution in [2.24, 2.45) is 5.73 Å². The lowest BCUT2D eigenvalue weighted by Crippen LogP contribution is -2.00. The fourth-order valence-electron chi connectivity index (χ4n) is 2.17. The van der Waals surface area contributed by atoms with Gasteiger partial charge in [0.1, 0.15) is 5.75 Å². The van der Waals surface area contributed by atoms with E-state index in [0.717, 1.165) is 12.0 Å². The van der Waals surface area contributed by atoms with Crippen LogP contribution in [0.1, 0.15) is 17.9 Å². The van der Waals surface area contributed by atoms with E-state index in [-0.39, 0.29) is 12.4 Å². The van der Waals surface area contributed by atoms with Crippen molar-refractivity contribution in [2.75, 3.05) is 0 Å². The van der Waals surface area contributed by atoms with E-state index in [1.165, 1.54) is 11.1 Å². The van der Waals surface area contributed by atoms with Crippen LogP contribution in [0.25, 0.3) is 11.1 Å². The number of aromatic hydroxyl groups is 1. The van der Waals surface area contributed by atoms with E-state index in [9.17, 15) is 5.11 Å². The molecule has 1 saturated carbocycles. The van der Waals surface area contributed by atoms with Gasteiger partial charge in [-0.05, 0) is 35.2 Å². The van der Waals surface area contributed by atoms with Gasteiger partial charge in [-0.1, -0.05) is 36.4 Å². The van der Waals surface area contributed by atoms with Gasteiger partial charge >= 0.3 is 0 Å². The minimum Gasteiger partial charge on any atom is -0.508 e. The van der Waals surface area contributed by atoms with E-state index >= 15 is 0 Å². The van der Waals surface area contributed by atoms with Gasteiger partial charge in [0.2, 0.25) is 0 Å². The van der Waals surface area contributed by atoms with Gasteiger partial charge in [0.05, 0.1) is 0 Å². The highest BCUT2D eigenvalue weighted by Gasteiger charge is 2.34. The summed E-state index contributed by atoms with van der Waals surface area (Å²) < 4.78 is 0. The van der Waals surface area contributed by atoms with Crippen molar-refractivity contribution in [3.63, 3.8) is 0 Å². The maximum atomic E-state index is 9.24. The van der Waals surface area contributed by atoms with Gasteiger partial charge in [-0.2, -0.15) is 0 Å². The summed E-state index contributed by atoms with van der Waals surface area (Å²) in [6.07, 6.45) is 1.11. The highest BCUT2D eigenvalue weighted by molar-refractivity contribution is 5.85. The molecular weight excluding hydrogens is 246 g/mol. The molecule has 2 atom stereocenters. The first-order valence-corrected chi connectivity index (χ1v) is 5.89.